The van der Waals surface area contributed by atoms with Gasteiger partial charge in [0.2, 0.25) is 11.8 Å². The first kappa shape index (κ1) is 22.4. The molecule has 0 saturated carbocycles. The van der Waals surface area contributed by atoms with Gasteiger partial charge in [0.15, 0.2) is 5.82 Å². The van der Waals surface area contributed by atoms with Crippen LogP contribution in [-0.2, 0) is 27.2 Å². The second-order valence-corrected chi connectivity index (χ2v) is 8.59. The number of amides is 2. The number of aromatic nitrogens is 2. The van der Waals surface area contributed by atoms with Crippen molar-refractivity contribution in [3.8, 4) is 0 Å². The van der Waals surface area contributed by atoms with Crippen LogP contribution in [0.1, 0.15) is 60.8 Å². The van der Waals surface area contributed by atoms with Crippen molar-refractivity contribution in [1.29, 1.82) is 0 Å². The molecule has 32 heavy (non-hydrogen) atoms. The average Bonchev–Trinajstić information content (AvgIpc) is 2.82. The summed E-state index contributed by atoms with van der Waals surface area (Å²) in [4.78, 5) is 39.2. The van der Waals surface area contributed by atoms with Gasteiger partial charge in [-0.2, -0.15) is 0 Å². The fourth-order valence-corrected chi connectivity index (χ4v) is 4.70. The molecule has 1 fully saturated rings. The number of benzene rings is 1. The number of rotatable bonds is 7. The van der Waals surface area contributed by atoms with Crippen molar-refractivity contribution in [3.63, 3.8) is 0 Å². The van der Waals surface area contributed by atoms with E-state index in [-0.39, 0.29) is 17.9 Å². The Labute approximate surface area is 189 Å². The van der Waals surface area contributed by atoms with Crippen LogP contribution in [0.5, 0.6) is 0 Å². The molecule has 1 aromatic carbocycles. The molecule has 1 unspecified atom stereocenters. The molecule has 2 aliphatic rings. The second kappa shape index (κ2) is 10.2. The minimum absolute atomic E-state index is 0.0764. The van der Waals surface area contributed by atoms with E-state index in [0.29, 0.717) is 44.8 Å². The summed E-state index contributed by atoms with van der Waals surface area (Å²) in [5, 5.41) is 0. The van der Waals surface area contributed by atoms with Crippen molar-refractivity contribution in [2.45, 2.75) is 57.9 Å². The summed E-state index contributed by atoms with van der Waals surface area (Å²) in [6.45, 7) is 3.71. The first-order valence-corrected chi connectivity index (χ1v) is 11.6. The summed E-state index contributed by atoms with van der Waals surface area (Å²) >= 11 is 0. The lowest BCUT2D eigenvalue weighted by Gasteiger charge is -2.36. The molecule has 2 amide bonds. The number of aryl methyl sites for hydroxylation is 1. The Morgan fingerprint density at radius 3 is 2.75 bits per heavy atom. The summed E-state index contributed by atoms with van der Waals surface area (Å²) in [5.41, 5.74) is 3.16. The van der Waals surface area contributed by atoms with Crippen molar-refractivity contribution in [1.82, 2.24) is 14.9 Å². The zero-order valence-electron chi connectivity index (χ0n) is 19.0. The minimum Gasteiger partial charge on any atom is -0.384 e. The maximum atomic E-state index is 12.9. The number of carbonyl (C=O) groups excluding carboxylic acids is 2. The summed E-state index contributed by atoms with van der Waals surface area (Å²) < 4.78 is 5.10. The number of piperidine rings is 1. The van der Waals surface area contributed by atoms with Crippen LogP contribution in [0.25, 0.3) is 0 Å². The normalized spacial score (nSPS) is 18.6. The van der Waals surface area contributed by atoms with Gasteiger partial charge >= 0.3 is 0 Å². The van der Waals surface area contributed by atoms with Gasteiger partial charge in [-0.05, 0) is 44.6 Å². The molecule has 4 rings (SSSR count). The van der Waals surface area contributed by atoms with Crippen LogP contribution in [0.3, 0.4) is 0 Å². The average molecular weight is 437 g/mol. The van der Waals surface area contributed by atoms with Gasteiger partial charge in [0.25, 0.3) is 0 Å². The molecule has 170 valence electrons. The number of ether oxygens (including phenoxy) is 1. The van der Waals surface area contributed by atoms with E-state index < -0.39 is 0 Å². The van der Waals surface area contributed by atoms with Crippen molar-refractivity contribution in [2.75, 3.05) is 31.7 Å². The Kier molecular flexibility index (Phi) is 7.15. The second-order valence-electron chi connectivity index (χ2n) is 8.59. The third-order valence-corrected chi connectivity index (χ3v) is 6.46. The quantitative estimate of drug-likeness (QED) is 0.665. The Bertz CT molecular complexity index is 963. The third kappa shape index (κ3) is 4.83. The van der Waals surface area contributed by atoms with Gasteiger partial charge in [-0.1, -0.05) is 30.3 Å². The van der Waals surface area contributed by atoms with Gasteiger partial charge in [-0.25, -0.2) is 9.97 Å². The Hall–Kier alpha value is -2.80. The monoisotopic (exact) mass is 436 g/mol. The Morgan fingerprint density at radius 1 is 1.16 bits per heavy atom. The van der Waals surface area contributed by atoms with Crippen LogP contribution < -0.4 is 4.90 Å². The molecule has 7 nitrogen and oxygen atoms in total. The number of hydrogen-bond donors (Lipinski definition) is 0. The van der Waals surface area contributed by atoms with Crippen molar-refractivity contribution < 1.29 is 14.3 Å². The standard InChI is InChI=1S/C25H32N4O3/c1-18-20-11-12-22(30)29(16-13-19-8-4-3-5-9-19)25(20)27-24(26-18)21-10-6-7-15-28(21)23(31)14-17-32-2/h3-5,8-9,21H,6-7,10-17H2,1-2H3. The van der Waals surface area contributed by atoms with Crippen molar-refractivity contribution in [3.05, 3.63) is 53.0 Å². The highest BCUT2D eigenvalue weighted by atomic mass is 16.5. The zero-order valence-corrected chi connectivity index (χ0v) is 19.0. The number of fused-ring (bicyclic) bond motifs is 1. The lowest BCUT2D eigenvalue weighted by Crippen LogP contribution is -2.41. The van der Waals surface area contributed by atoms with Gasteiger partial charge in [0, 0.05) is 37.9 Å². The zero-order chi connectivity index (χ0) is 22.5. The molecule has 1 aromatic heterocycles. The highest BCUT2D eigenvalue weighted by molar-refractivity contribution is 5.95. The molecule has 0 bridgehead atoms. The molecular weight excluding hydrogens is 404 g/mol. The van der Waals surface area contributed by atoms with Crippen LogP contribution in [-0.4, -0.2) is 53.5 Å². The summed E-state index contributed by atoms with van der Waals surface area (Å²) in [6, 6.07) is 10.0. The van der Waals surface area contributed by atoms with Gasteiger partial charge in [-0.15, -0.1) is 0 Å². The van der Waals surface area contributed by atoms with E-state index in [1.807, 2.05) is 34.9 Å². The molecule has 1 atom stereocenters. The van der Waals surface area contributed by atoms with E-state index in [1.54, 1.807) is 7.11 Å². The van der Waals surface area contributed by atoms with Crippen LogP contribution >= 0.6 is 0 Å². The fraction of sp³-hybridized carbons (Fsp3) is 0.520. The molecule has 2 aliphatic heterocycles. The van der Waals surface area contributed by atoms with Gasteiger partial charge in [-0.3, -0.25) is 14.5 Å². The van der Waals surface area contributed by atoms with Crippen LogP contribution in [0, 0.1) is 6.92 Å². The summed E-state index contributed by atoms with van der Waals surface area (Å²) in [5.74, 6) is 1.57. The molecule has 7 heteroatoms. The molecule has 2 aromatic rings. The Morgan fingerprint density at radius 2 is 1.97 bits per heavy atom. The number of nitrogens with zero attached hydrogens (tertiary/aromatic N) is 4. The third-order valence-electron chi connectivity index (χ3n) is 6.46. The highest BCUT2D eigenvalue weighted by Gasteiger charge is 2.33. The fourth-order valence-electron chi connectivity index (χ4n) is 4.70. The topological polar surface area (TPSA) is 75.6 Å². The van der Waals surface area contributed by atoms with Gasteiger partial charge in [0.05, 0.1) is 19.1 Å². The van der Waals surface area contributed by atoms with Crippen LogP contribution in [0.2, 0.25) is 0 Å². The SMILES string of the molecule is COCCC(=O)N1CCCCC1c1nc(C)c2c(n1)N(CCc1ccccc1)C(=O)CC2. The van der Waals surface area contributed by atoms with Gasteiger partial charge < -0.3 is 9.64 Å². The predicted molar refractivity (Wildman–Crippen MR) is 122 cm³/mol. The first-order chi connectivity index (χ1) is 15.6. The Balaban J connectivity index is 1.62. The van der Waals surface area contributed by atoms with Gasteiger partial charge in [0.1, 0.15) is 5.82 Å². The summed E-state index contributed by atoms with van der Waals surface area (Å²) in [6.07, 6.45) is 5.15. The van der Waals surface area contributed by atoms with E-state index in [9.17, 15) is 9.59 Å². The predicted octanol–water partition coefficient (Wildman–Crippen LogP) is 3.40. The van der Waals surface area contributed by atoms with Crippen molar-refractivity contribution in [2.24, 2.45) is 0 Å². The lowest BCUT2D eigenvalue weighted by molar-refractivity contribution is -0.136. The van der Waals surface area contributed by atoms with Crippen molar-refractivity contribution >= 4 is 17.6 Å². The van der Waals surface area contributed by atoms with E-state index in [2.05, 4.69) is 12.1 Å². The maximum Gasteiger partial charge on any atom is 0.228 e. The molecule has 1 saturated heterocycles. The molecular formula is C25H32N4O3. The molecule has 0 spiro atoms. The van der Waals surface area contributed by atoms with E-state index >= 15 is 0 Å². The maximum absolute atomic E-state index is 12.9. The van der Waals surface area contributed by atoms with E-state index in [1.165, 1.54) is 5.56 Å². The first-order valence-electron chi connectivity index (χ1n) is 11.6. The number of carbonyl (C=O) groups is 2. The van der Waals surface area contributed by atoms with E-state index in [0.717, 1.165) is 42.8 Å². The van der Waals surface area contributed by atoms with E-state index in [4.69, 9.17) is 14.7 Å². The molecule has 3 heterocycles. The molecule has 0 aliphatic carbocycles. The van der Waals surface area contributed by atoms with Crippen LogP contribution in [0.15, 0.2) is 30.3 Å². The number of methoxy groups -OCH3 is 1. The lowest BCUT2D eigenvalue weighted by atomic mass is 9.99. The summed E-state index contributed by atoms with van der Waals surface area (Å²) in [7, 11) is 1.61. The number of likely N-dealkylation sites (tertiary alicyclic amines) is 1. The minimum atomic E-state index is -0.148. The molecule has 0 radical (unpaired) electrons. The smallest absolute Gasteiger partial charge is 0.228 e. The molecule has 0 N–H and O–H groups in total. The number of hydrogen-bond acceptors (Lipinski definition) is 5. The number of anilines is 1. The largest absolute Gasteiger partial charge is 0.384 e. The van der Waals surface area contributed by atoms with Crippen LogP contribution in [0.4, 0.5) is 5.82 Å². The highest BCUT2D eigenvalue weighted by Crippen LogP contribution is 2.34.